The molecule has 0 radical (unpaired) electrons. The van der Waals surface area contributed by atoms with Crippen LogP contribution < -0.4 is 5.32 Å². The van der Waals surface area contributed by atoms with Crippen molar-refractivity contribution >= 4 is 28.8 Å². The van der Waals surface area contributed by atoms with E-state index >= 15 is 0 Å². The van der Waals surface area contributed by atoms with Gasteiger partial charge in [-0.15, -0.1) is 11.3 Å². The zero-order valence-electron chi connectivity index (χ0n) is 13.6. The summed E-state index contributed by atoms with van der Waals surface area (Å²) in [5.41, 5.74) is 2.84. The molecular weight excluding hydrogens is 354 g/mol. The Morgan fingerprint density at radius 1 is 1.12 bits per heavy atom. The molecule has 2 aromatic heterocycles. The molecule has 0 bridgehead atoms. The first-order valence-corrected chi connectivity index (χ1v) is 9.33. The third-order valence-electron chi connectivity index (χ3n) is 3.67. The van der Waals surface area contributed by atoms with Gasteiger partial charge in [0.25, 0.3) is 0 Å². The van der Waals surface area contributed by atoms with E-state index in [1.54, 1.807) is 17.5 Å². The van der Waals surface area contributed by atoms with Gasteiger partial charge in [-0.1, -0.05) is 29.8 Å². The van der Waals surface area contributed by atoms with Crippen molar-refractivity contribution in [1.82, 2.24) is 15.3 Å². The third kappa shape index (κ3) is 5.37. The average Bonchev–Trinajstić information content (AvgIpc) is 3.10. The van der Waals surface area contributed by atoms with Crippen molar-refractivity contribution in [2.75, 3.05) is 6.54 Å². The Labute approximate surface area is 155 Å². The number of hydrogen-bond acceptors (Lipinski definition) is 4. The first-order valence-electron chi connectivity index (χ1n) is 8.07. The van der Waals surface area contributed by atoms with E-state index in [4.69, 9.17) is 11.6 Å². The van der Waals surface area contributed by atoms with Crippen LogP contribution in [0.3, 0.4) is 0 Å². The normalized spacial score (nSPS) is 10.6. The monoisotopic (exact) mass is 371 g/mol. The second-order valence-corrected chi connectivity index (χ2v) is 6.95. The number of carbonyl (C=O) groups is 1. The van der Waals surface area contributed by atoms with Crippen molar-refractivity contribution in [3.8, 4) is 11.4 Å². The summed E-state index contributed by atoms with van der Waals surface area (Å²) in [6, 6.07) is 13.4. The van der Waals surface area contributed by atoms with Crippen molar-refractivity contribution in [3.05, 3.63) is 69.6 Å². The molecule has 6 heteroatoms. The lowest BCUT2D eigenvalue weighted by molar-refractivity contribution is -0.121. The molecule has 1 aromatic carbocycles. The van der Waals surface area contributed by atoms with Gasteiger partial charge in [-0.3, -0.25) is 9.78 Å². The number of aromatic nitrogens is 2. The molecular formula is C19H18ClN3OS. The minimum absolute atomic E-state index is 0.0385. The van der Waals surface area contributed by atoms with Crippen LogP contribution in [0.15, 0.2) is 54.0 Å². The number of rotatable bonds is 7. The predicted octanol–water partition coefficient (Wildman–Crippen LogP) is 4.15. The van der Waals surface area contributed by atoms with Gasteiger partial charge in [0.1, 0.15) is 0 Å². The lowest BCUT2D eigenvalue weighted by atomic mass is 10.1. The first kappa shape index (κ1) is 17.6. The van der Waals surface area contributed by atoms with Gasteiger partial charge in [0.2, 0.25) is 5.91 Å². The number of amides is 1. The summed E-state index contributed by atoms with van der Waals surface area (Å²) in [6.45, 7) is 0.607. The fourth-order valence-electron chi connectivity index (χ4n) is 2.41. The van der Waals surface area contributed by atoms with Gasteiger partial charge in [-0.25, -0.2) is 4.98 Å². The molecule has 128 valence electrons. The Morgan fingerprint density at radius 2 is 2.04 bits per heavy atom. The van der Waals surface area contributed by atoms with Gasteiger partial charge in [0, 0.05) is 36.0 Å². The van der Waals surface area contributed by atoms with Crippen LogP contribution in [0.25, 0.3) is 11.4 Å². The molecule has 0 unspecified atom stereocenters. The Balaban J connectivity index is 1.43. The van der Waals surface area contributed by atoms with E-state index in [1.165, 1.54) is 0 Å². The molecule has 2 heterocycles. The molecule has 1 N–H and O–H groups in total. The molecule has 3 aromatic rings. The summed E-state index contributed by atoms with van der Waals surface area (Å²) < 4.78 is 0. The van der Waals surface area contributed by atoms with Crippen LogP contribution in [-0.2, 0) is 17.6 Å². The number of hydrogen-bond donors (Lipinski definition) is 1. The molecule has 0 saturated heterocycles. The number of pyridine rings is 1. The molecule has 0 aliphatic heterocycles. The Kier molecular flexibility index (Phi) is 6.14. The lowest BCUT2D eigenvalue weighted by Crippen LogP contribution is -2.25. The van der Waals surface area contributed by atoms with Gasteiger partial charge >= 0.3 is 0 Å². The van der Waals surface area contributed by atoms with E-state index in [0.29, 0.717) is 19.4 Å². The molecule has 0 spiro atoms. The summed E-state index contributed by atoms with van der Waals surface area (Å²) in [5, 5.41) is 6.59. The van der Waals surface area contributed by atoms with Crippen LogP contribution in [0.4, 0.5) is 0 Å². The van der Waals surface area contributed by atoms with Crippen molar-refractivity contribution < 1.29 is 4.79 Å². The van der Waals surface area contributed by atoms with Crippen LogP contribution in [0, 0.1) is 0 Å². The molecule has 3 rings (SSSR count). The number of nitrogens with zero attached hydrogens (tertiary/aromatic N) is 2. The van der Waals surface area contributed by atoms with E-state index in [0.717, 1.165) is 33.4 Å². The third-order valence-corrected chi connectivity index (χ3v) is 4.81. The number of benzene rings is 1. The summed E-state index contributed by atoms with van der Waals surface area (Å²) in [6.07, 6.45) is 3.60. The maximum absolute atomic E-state index is 12.0. The summed E-state index contributed by atoms with van der Waals surface area (Å²) in [7, 11) is 0. The average molecular weight is 372 g/mol. The van der Waals surface area contributed by atoms with E-state index in [1.807, 2.05) is 47.8 Å². The number of halogens is 1. The van der Waals surface area contributed by atoms with Gasteiger partial charge in [-0.05, 0) is 36.2 Å². The highest BCUT2D eigenvalue weighted by atomic mass is 35.5. The smallest absolute Gasteiger partial charge is 0.220 e. The van der Waals surface area contributed by atoms with Gasteiger partial charge in [0.05, 0.1) is 16.4 Å². The van der Waals surface area contributed by atoms with E-state index < -0.39 is 0 Å². The Hall–Kier alpha value is -2.24. The van der Waals surface area contributed by atoms with Gasteiger partial charge < -0.3 is 5.32 Å². The number of nitrogens with one attached hydrogen (secondary N) is 1. The van der Waals surface area contributed by atoms with Crippen molar-refractivity contribution in [1.29, 1.82) is 0 Å². The topological polar surface area (TPSA) is 54.9 Å². The molecule has 1 amide bonds. The minimum atomic E-state index is 0.0385. The molecule has 0 atom stereocenters. The van der Waals surface area contributed by atoms with Crippen molar-refractivity contribution in [2.24, 2.45) is 0 Å². The molecule has 0 fully saturated rings. The standard InChI is InChI=1S/C19H18ClN3OS/c20-15-5-3-4-14(12-15)9-11-22-18(24)7-8-19-23-17(13-25-19)16-6-1-2-10-21-16/h1-6,10,12-13H,7-9,11H2,(H,22,24). The fourth-order valence-corrected chi connectivity index (χ4v) is 3.41. The highest BCUT2D eigenvalue weighted by molar-refractivity contribution is 7.09. The summed E-state index contributed by atoms with van der Waals surface area (Å²) in [4.78, 5) is 20.8. The van der Waals surface area contributed by atoms with Crippen LogP contribution >= 0.6 is 22.9 Å². The first-order chi connectivity index (χ1) is 12.2. The molecule has 4 nitrogen and oxygen atoms in total. The quantitative estimate of drug-likeness (QED) is 0.678. The molecule has 0 aliphatic carbocycles. The van der Waals surface area contributed by atoms with Crippen LogP contribution in [0.5, 0.6) is 0 Å². The van der Waals surface area contributed by atoms with Crippen LogP contribution in [0.1, 0.15) is 17.0 Å². The fraction of sp³-hybridized carbons (Fsp3) is 0.211. The van der Waals surface area contributed by atoms with E-state index in [2.05, 4.69) is 15.3 Å². The highest BCUT2D eigenvalue weighted by Gasteiger charge is 2.08. The van der Waals surface area contributed by atoms with E-state index in [9.17, 15) is 4.79 Å². The van der Waals surface area contributed by atoms with Gasteiger partial charge in [0.15, 0.2) is 0 Å². The number of carbonyl (C=O) groups excluding carboxylic acids is 1. The number of aryl methyl sites for hydroxylation is 1. The maximum Gasteiger partial charge on any atom is 0.220 e. The zero-order valence-corrected chi connectivity index (χ0v) is 15.2. The minimum Gasteiger partial charge on any atom is -0.356 e. The number of thiazole rings is 1. The van der Waals surface area contributed by atoms with Crippen molar-refractivity contribution in [3.63, 3.8) is 0 Å². The van der Waals surface area contributed by atoms with Crippen molar-refractivity contribution in [2.45, 2.75) is 19.3 Å². The second-order valence-electron chi connectivity index (χ2n) is 5.57. The summed E-state index contributed by atoms with van der Waals surface area (Å²) >= 11 is 7.52. The Bertz CT molecular complexity index is 835. The van der Waals surface area contributed by atoms with E-state index in [-0.39, 0.29) is 5.91 Å². The SMILES string of the molecule is O=C(CCc1nc(-c2ccccn2)cs1)NCCc1cccc(Cl)c1. The highest BCUT2D eigenvalue weighted by Crippen LogP contribution is 2.20. The molecule has 0 aliphatic rings. The predicted molar refractivity (Wildman–Crippen MR) is 102 cm³/mol. The Morgan fingerprint density at radius 3 is 2.84 bits per heavy atom. The lowest BCUT2D eigenvalue weighted by Gasteiger charge is -2.05. The largest absolute Gasteiger partial charge is 0.356 e. The zero-order chi connectivity index (χ0) is 17.5. The molecule has 0 saturated carbocycles. The maximum atomic E-state index is 12.0. The molecule has 25 heavy (non-hydrogen) atoms. The second kappa shape index (κ2) is 8.74. The summed E-state index contributed by atoms with van der Waals surface area (Å²) in [5.74, 6) is 0.0385. The van der Waals surface area contributed by atoms with Crippen LogP contribution in [-0.4, -0.2) is 22.4 Å². The van der Waals surface area contributed by atoms with Gasteiger partial charge in [-0.2, -0.15) is 0 Å². The van der Waals surface area contributed by atoms with Crippen LogP contribution in [0.2, 0.25) is 5.02 Å².